The summed E-state index contributed by atoms with van der Waals surface area (Å²) in [5, 5.41) is 5.92. The van der Waals surface area contributed by atoms with Crippen LogP contribution in [-0.4, -0.2) is 40.1 Å². The number of ketones is 1. The van der Waals surface area contributed by atoms with Crippen molar-refractivity contribution in [1.29, 1.82) is 0 Å². The van der Waals surface area contributed by atoms with Crippen LogP contribution in [0.15, 0.2) is 44.9 Å². The fourth-order valence-electron chi connectivity index (χ4n) is 3.57. The number of benzene rings is 1. The summed E-state index contributed by atoms with van der Waals surface area (Å²) in [5.74, 6) is -1.47. The number of esters is 1. The number of carbonyl (C=O) groups is 3. The Morgan fingerprint density at radius 1 is 1.28 bits per heavy atom. The minimum absolute atomic E-state index is 0.0207. The molecule has 4 rings (SSSR count). The van der Waals surface area contributed by atoms with E-state index in [-0.39, 0.29) is 30.5 Å². The quantitative estimate of drug-likeness (QED) is 0.398. The minimum Gasteiger partial charge on any atom is -0.454 e. The van der Waals surface area contributed by atoms with Gasteiger partial charge < -0.3 is 14.1 Å². The van der Waals surface area contributed by atoms with E-state index in [0.717, 1.165) is 15.9 Å². The van der Waals surface area contributed by atoms with Crippen LogP contribution in [0.3, 0.4) is 0 Å². The van der Waals surface area contributed by atoms with E-state index in [9.17, 15) is 19.2 Å². The smallest absolute Gasteiger partial charge is 0.437 e. The van der Waals surface area contributed by atoms with Crippen LogP contribution >= 0.6 is 11.3 Å². The zero-order chi connectivity index (χ0) is 22.8. The summed E-state index contributed by atoms with van der Waals surface area (Å²) in [4.78, 5) is 50.9. The van der Waals surface area contributed by atoms with Crippen molar-refractivity contribution in [2.24, 2.45) is 0 Å². The van der Waals surface area contributed by atoms with Crippen molar-refractivity contribution in [3.05, 3.63) is 57.4 Å². The number of hydrogen-bond acceptors (Lipinski definition) is 8. The molecule has 166 valence electrons. The molecule has 0 spiro atoms. The number of rotatable bonds is 7. The fourth-order valence-corrected chi connectivity index (χ4v) is 4.22. The standard InChI is InChI=1S/C22H21N3O6S/c1-13(20(28)16-5-6-17-15(12-16)7-9-24(17)14(2)26)30-19(27)8-10-25-22(29)31-21(23-25)18-4-3-11-32-18/h3-6,11-13H,7-10H2,1-2H3/t13-/m0/s1. The molecule has 3 aromatic rings. The van der Waals surface area contributed by atoms with Crippen LogP contribution in [0.2, 0.25) is 0 Å². The summed E-state index contributed by atoms with van der Waals surface area (Å²) in [6.07, 6.45) is -0.447. The third-order valence-electron chi connectivity index (χ3n) is 5.18. The first-order valence-corrected chi connectivity index (χ1v) is 11.0. The number of hydrogen-bond donors (Lipinski definition) is 0. The lowest BCUT2D eigenvalue weighted by atomic mass is 10.0. The van der Waals surface area contributed by atoms with Crippen LogP contribution in [0.25, 0.3) is 10.8 Å². The van der Waals surface area contributed by atoms with E-state index < -0.39 is 17.8 Å². The highest BCUT2D eigenvalue weighted by Crippen LogP contribution is 2.29. The number of aromatic nitrogens is 2. The third kappa shape index (κ3) is 4.40. The average Bonchev–Trinajstić information content (AvgIpc) is 3.50. The molecular formula is C22H21N3O6S. The number of ether oxygens (including phenoxy) is 1. The number of thiophene rings is 1. The number of anilines is 1. The molecule has 0 bridgehead atoms. The van der Waals surface area contributed by atoms with Crippen LogP contribution in [0.1, 0.15) is 36.2 Å². The summed E-state index contributed by atoms with van der Waals surface area (Å²) in [5.41, 5.74) is 2.14. The van der Waals surface area contributed by atoms with Gasteiger partial charge in [0, 0.05) is 24.7 Å². The topological polar surface area (TPSA) is 112 Å². The Hall–Kier alpha value is -3.53. The summed E-state index contributed by atoms with van der Waals surface area (Å²) in [6.45, 7) is 3.58. The third-order valence-corrected chi connectivity index (χ3v) is 6.04. The Labute approximate surface area is 187 Å². The van der Waals surface area contributed by atoms with Gasteiger partial charge in [0.2, 0.25) is 11.7 Å². The van der Waals surface area contributed by atoms with Crippen molar-refractivity contribution in [1.82, 2.24) is 9.78 Å². The molecule has 0 N–H and O–H groups in total. The molecule has 2 aromatic heterocycles. The lowest BCUT2D eigenvalue weighted by Gasteiger charge is -2.16. The molecule has 10 heteroatoms. The lowest BCUT2D eigenvalue weighted by Crippen LogP contribution is -2.26. The maximum absolute atomic E-state index is 12.7. The van der Waals surface area contributed by atoms with E-state index in [0.29, 0.717) is 23.4 Å². The molecule has 9 nitrogen and oxygen atoms in total. The molecule has 1 atom stereocenters. The minimum atomic E-state index is -0.985. The van der Waals surface area contributed by atoms with Gasteiger partial charge in [-0.25, -0.2) is 4.79 Å². The zero-order valence-corrected chi connectivity index (χ0v) is 18.4. The monoisotopic (exact) mass is 455 g/mol. The Kier molecular flexibility index (Phi) is 6.04. The molecule has 0 fully saturated rings. The second-order valence-corrected chi connectivity index (χ2v) is 8.33. The second-order valence-electron chi connectivity index (χ2n) is 7.38. The summed E-state index contributed by atoms with van der Waals surface area (Å²) in [6, 6.07) is 8.71. The molecule has 1 amide bonds. The summed E-state index contributed by atoms with van der Waals surface area (Å²) < 4.78 is 11.4. The van der Waals surface area contributed by atoms with Crippen molar-refractivity contribution in [3.63, 3.8) is 0 Å². The van der Waals surface area contributed by atoms with Crippen molar-refractivity contribution in [2.45, 2.75) is 39.3 Å². The van der Waals surface area contributed by atoms with Gasteiger partial charge in [-0.15, -0.1) is 16.4 Å². The van der Waals surface area contributed by atoms with Gasteiger partial charge in [-0.3, -0.25) is 14.4 Å². The average molecular weight is 455 g/mol. The van der Waals surface area contributed by atoms with Crippen molar-refractivity contribution >= 4 is 34.7 Å². The number of Topliss-reactive ketones (excluding diaryl/α,β-unsaturated/α-hetero) is 1. The van der Waals surface area contributed by atoms with Gasteiger partial charge in [-0.2, -0.15) is 4.68 Å². The van der Waals surface area contributed by atoms with Crippen LogP contribution in [0.5, 0.6) is 0 Å². The number of aryl methyl sites for hydroxylation is 1. The SMILES string of the molecule is CC(=O)N1CCc2cc(C(=O)[C@H](C)OC(=O)CCn3nc(-c4cccs4)oc3=O)ccc21. The molecule has 1 aliphatic rings. The highest BCUT2D eigenvalue weighted by molar-refractivity contribution is 7.13. The van der Waals surface area contributed by atoms with Crippen LogP contribution < -0.4 is 10.7 Å². The highest BCUT2D eigenvalue weighted by atomic mass is 32.1. The molecule has 0 saturated heterocycles. The highest BCUT2D eigenvalue weighted by Gasteiger charge is 2.25. The Morgan fingerprint density at radius 3 is 2.81 bits per heavy atom. The van der Waals surface area contributed by atoms with E-state index in [1.807, 2.05) is 11.4 Å². The first kappa shape index (κ1) is 21.7. The molecule has 0 unspecified atom stereocenters. The molecule has 3 heterocycles. The maximum Gasteiger partial charge on any atom is 0.437 e. The van der Waals surface area contributed by atoms with Crippen molar-refractivity contribution in [3.8, 4) is 10.8 Å². The molecule has 0 aliphatic carbocycles. The first-order valence-electron chi connectivity index (χ1n) is 10.1. The fraction of sp³-hybridized carbons (Fsp3) is 0.318. The van der Waals surface area contributed by atoms with Gasteiger partial charge in [0.05, 0.1) is 17.8 Å². The molecular weight excluding hydrogens is 434 g/mol. The summed E-state index contributed by atoms with van der Waals surface area (Å²) >= 11 is 1.38. The molecule has 1 aliphatic heterocycles. The van der Waals surface area contributed by atoms with E-state index in [4.69, 9.17) is 9.15 Å². The first-order chi connectivity index (χ1) is 15.3. The van der Waals surface area contributed by atoms with Gasteiger partial charge >= 0.3 is 11.7 Å². The molecule has 32 heavy (non-hydrogen) atoms. The van der Waals surface area contributed by atoms with Crippen LogP contribution in [-0.2, 0) is 27.3 Å². The van der Waals surface area contributed by atoms with Gasteiger partial charge in [-0.1, -0.05) is 6.07 Å². The van der Waals surface area contributed by atoms with Crippen LogP contribution in [0, 0.1) is 0 Å². The van der Waals surface area contributed by atoms with E-state index in [1.165, 1.54) is 25.2 Å². The van der Waals surface area contributed by atoms with Gasteiger partial charge in [0.1, 0.15) is 0 Å². The Balaban J connectivity index is 1.35. The molecule has 0 saturated carbocycles. The van der Waals surface area contributed by atoms with Gasteiger partial charge in [0.15, 0.2) is 6.10 Å². The Morgan fingerprint density at radius 2 is 2.09 bits per heavy atom. The predicted octanol–water partition coefficient (Wildman–Crippen LogP) is 2.68. The second kappa shape index (κ2) is 8.91. The number of nitrogens with zero attached hydrogens (tertiary/aromatic N) is 3. The van der Waals surface area contributed by atoms with Gasteiger partial charge in [0.25, 0.3) is 5.89 Å². The lowest BCUT2D eigenvalue weighted by molar-refractivity contribution is -0.146. The van der Waals surface area contributed by atoms with E-state index in [2.05, 4.69) is 5.10 Å². The largest absolute Gasteiger partial charge is 0.454 e. The van der Waals surface area contributed by atoms with Crippen molar-refractivity contribution in [2.75, 3.05) is 11.4 Å². The number of amides is 1. The van der Waals surface area contributed by atoms with Crippen LogP contribution in [0.4, 0.5) is 5.69 Å². The van der Waals surface area contributed by atoms with E-state index >= 15 is 0 Å². The normalized spacial score (nSPS) is 13.6. The Bertz CT molecular complexity index is 1230. The zero-order valence-electron chi connectivity index (χ0n) is 17.6. The van der Waals surface area contributed by atoms with Crippen molar-refractivity contribution < 1.29 is 23.5 Å². The molecule has 1 aromatic carbocycles. The van der Waals surface area contributed by atoms with Gasteiger partial charge in [-0.05, 0) is 48.6 Å². The molecule has 0 radical (unpaired) electrons. The van der Waals surface area contributed by atoms with E-state index in [1.54, 1.807) is 29.2 Å². The number of carbonyl (C=O) groups excluding carboxylic acids is 3. The predicted molar refractivity (Wildman–Crippen MR) is 117 cm³/mol. The number of fused-ring (bicyclic) bond motifs is 1. The maximum atomic E-state index is 12.7. The summed E-state index contributed by atoms with van der Waals surface area (Å²) in [7, 11) is 0.